The Balaban J connectivity index is 1.74. The van der Waals surface area contributed by atoms with Crippen molar-refractivity contribution < 1.29 is 4.79 Å². The van der Waals surface area contributed by atoms with Crippen molar-refractivity contribution in [2.24, 2.45) is 0 Å². The molecule has 130 valence electrons. The van der Waals surface area contributed by atoms with Crippen LogP contribution in [0.4, 0.5) is 5.82 Å². The molecule has 0 aliphatic carbocycles. The summed E-state index contributed by atoms with van der Waals surface area (Å²) in [5, 5.41) is 2.74. The number of amides is 1. The molecule has 1 aliphatic rings. The molecule has 1 amide bonds. The van der Waals surface area contributed by atoms with Crippen molar-refractivity contribution in [3.05, 3.63) is 65.0 Å². The van der Waals surface area contributed by atoms with Crippen molar-refractivity contribution >= 4 is 11.7 Å². The fraction of sp³-hybridized carbons (Fsp3) is 0.200. The second kappa shape index (κ2) is 6.22. The van der Waals surface area contributed by atoms with E-state index in [9.17, 15) is 9.59 Å². The van der Waals surface area contributed by atoms with Crippen molar-refractivity contribution in [3.8, 4) is 22.3 Å². The van der Waals surface area contributed by atoms with Gasteiger partial charge >= 0.3 is 0 Å². The largest absolute Gasteiger partial charge is 0.312 e. The Morgan fingerprint density at radius 3 is 2.50 bits per heavy atom. The third-order valence-corrected chi connectivity index (χ3v) is 4.47. The molecular formula is C20H18N4O2. The lowest BCUT2D eigenvalue weighted by molar-refractivity contribution is -0.115. The summed E-state index contributed by atoms with van der Waals surface area (Å²) in [6.07, 6.45) is 7.50. The van der Waals surface area contributed by atoms with Crippen molar-refractivity contribution in [2.75, 3.05) is 5.32 Å². The summed E-state index contributed by atoms with van der Waals surface area (Å²) in [5.74, 6) is 0.597. The van der Waals surface area contributed by atoms with Crippen molar-refractivity contribution in [3.63, 3.8) is 0 Å². The molecule has 0 atom stereocenters. The van der Waals surface area contributed by atoms with Crippen LogP contribution in [0, 0.1) is 0 Å². The number of fused-ring (bicyclic) bond motifs is 1. The Bertz CT molecular complexity index is 1070. The zero-order valence-corrected chi connectivity index (χ0v) is 14.6. The van der Waals surface area contributed by atoms with Crippen LogP contribution >= 0.6 is 0 Å². The second-order valence-corrected chi connectivity index (χ2v) is 6.68. The maximum absolute atomic E-state index is 12.0. The molecule has 6 heteroatoms. The normalized spacial score (nSPS) is 13.0. The van der Waals surface area contributed by atoms with Crippen LogP contribution in [0.15, 0.2) is 53.8 Å². The van der Waals surface area contributed by atoms with Crippen molar-refractivity contribution in [1.29, 1.82) is 0 Å². The highest BCUT2D eigenvalue weighted by Gasteiger charge is 2.19. The molecule has 0 spiro atoms. The van der Waals surface area contributed by atoms with Gasteiger partial charge in [-0.15, -0.1) is 0 Å². The monoisotopic (exact) mass is 346 g/mol. The highest BCUT2D eigenvalue weighted by molar-refractivity contribution is 5.98. The number of nitrogens with zero attached hydrogens (tertiary/aromatic N) is 3. The summed E-state index contributed by atoms with van der Waals surface area (Å²) < 4.78 is 1.70. The van der Waals surface area contributed by atoms with Gasteiger partial charge in [0, 0.05) is 59.1 Å². The van der Waals surface area contributed by atoms with Crippen LogP contribution in [-0.2, 0) is 11.2 Å². The topological polar surface area (TPSA) is 76.9 Å². The minimum atomic E-state index is -0.0348. The molecule has 0 saturated heterocycles. The minimum Gasteiger partial charge on any atom is -0.312 e. The number of hydrogen-bond acceptors (Lipinski definition) is 4. The molecule has 4 heterocycles. The van der Waals surface area contributed by atoms with Gasteiger partial charge in [0.15, 0.2) is 0 Å². The Morgan fingerprint density at radius 2 is 1.73 bits per heavy atom. The average Bonchev–Trinajstić information content (AvgIpc) is 3.01. The first kappa shape index (κ1) is 16.2. The van der Waals surface area contributed by atoms with Crippen LogP contribution in [0.2, 0.25) is 0 Å². The lowest BCUT2D eigenvalue weighted by Gasteiger charge is -2.12. The summed E-state index contributed by atoms with van der Waals surface area (Å²) in [7, 11) is 0. The zero-order chi connectivity index (χ0) is 18.3. The van der Waals surface area contributed by atoms with Crippen molar-refractivity contribution in [2.45, 2.75) is 26.3 Å². The van der Waals surface area contributed by atoms with E-state index in [2.05, 4.69) is 15.3 Å². The number of carbonyl (C=O) groups excluding carboxylic acids is 1. The standard InChI is InChI=1S/C20H18N4O2/c1-12(2)24-11-13(3-4-19(24)26)15-6-16(9-21-8-15)17-5-14-7-18(25)23-20(14)22-10-17/h3-6,8-12H,7H2,1-2H3,(H,22,23,25). The van der Waals surface area contributed by atoms with E-state index in [-0.39, 0.29) is 17.5 Å². The van der Waals surface area contributed by atoms with Crippen LogP contribution in [0.3, 0.4) is 0 Å². The Hall–Kier alpha value is -3.28. The number of pyridine rings is 3. The van der Waals surface area contributed by atoms with Crippen LogP contribution in [-0.4, -0.2) is 20.4 Å². The van der Waals surface area contributed by atoms with Gasteiger partial charge in [-0.3, -0.25) is 14.6 Å². The first-order valence-electron chi connectivity index (χ1n) is 8.48. The minimum absolute atomic E-state index is 0.0205. The van der Waals surface area contributed by atoms with Gasteiger partial charge in [0.2, 0.25) is 5.91 Å². The Morgan fingerprint density at radius 1 is 1.00 bits per heavy atom. The van der Waals surface area contributed by atoms with Gasteiger partial charge in [0.05, 0.1) is 6.42 Å². The lowest BCUT2D eigenvalue weighted by atomic mass is 10.0. The number of nitrogens with one attached hydrogen (secondary N) is 1. The van der Waals surface area contributed by atoms with Gasteiger partial charge < -0.3 is 9.88 Å². The van der Waals surface area contributed by atoms with Gasteiger partial charge in [-0.2, -0.15) is 0 Å². The molecule has 0 saturated carbocycles. The fourth-order valence-electron chi connectivity index (χ4n) is 3.10. The molecule has 0 unspecified atom stereocenters. The predicted octanol–water partition coefficient (Wildman–Crippen LogP) is 3.05. The van der Waals surface area contributed by atoms with Gasteiger partial charge in [-0.05, 0) is 37.6 Å². The Labute approximate surface area is 150 Å². The summed E-state index contributed by atoms with van der Waals surface area (Å²) >= 11 is 0. The van der Waals surface area contributed by atoms with E-state index < -0.39 is 0 Å². The summed E-state index contributed by atoms with van der Waals surface area (Å²) in [4.78, 5) is 32.2. The summed E-state index contributed by atoms with van der Waals surface area (Å²) in [6.45, 7) is 3.96. The quantitative estimate of drug-likeness (QED) is 0.791. The summed E-state index contributed by atoms with van der Waals surface area (Å²) in [5.41, 5.74) is 4.55. The lowest BCUT2D eigenvalue weighted by Crippen LogP contribution is -2.20. The van der Waals surface area contributed by atoms with E-state index in [0.29, 0.717) is 12.2 Å². The first-order valence-corrected chi connectivity index (χ1v) is 8.48. The predicted molar refractivity (Wildman–Crippen MR) is 99.9 cm³/mol. The molecule has 0 aromatic carbocycles. The molecule has 3 aromatic rings. The maximum atomic E-state index is 12.0. The van der Waals surface area contributed by atoms with E-state index >= 15 is 0 Å². The number of aromatic nitrogens is 3. The molecule has 1 N–H and O–H groups in total. The van der Waals surface area contributed by atoms with E-state index in [4.69, 9.17) is 0 Å². The zero-order valence-electron chi connectivity index (χ0n) is 14.6. The van der Waals surface area contributed by atoms with Crippen LogP contribution < -0.4 is 10.9 Å². The maximum Gasteiger partial charge on any atom is 0.250 e. The average molecular weight is 346 g/mol. The SMILES string of the molecule is CC(C)n1cc(-c2cncc(-c3cnc4c(c3)CC(=O)N4)c2)ccc1=O. The van der Waals surface area contributed by atoms with Crippen molar-refractivity contribution in [1.82, 2.24) is 14.5 Å². The molecule has 0 bridgehead atoms. The van der Waals surface area contributed by atoms with Gasteiger partial charge in [-0.25, -0.2) is 4.98 Å². The molecule has 26 heavy (non-hydrogen) atoms. The smallest absolute Gasteiger partial charge is 0.250 e. The second-order valence-electron chi connectivity index (χ2n) is 6.68. The van der Waals surface area contributed by atoms with Gasteiger partial charge in [0.1, 0.15) is 5.82 Å². The molecule has 1 aliphatic heterocycles. The number of hydrogen-bond donors (Lipinski definition) is 1. The highest BCUT2D eigenvalue weighted by Crippen LogP contribution is 2.29. The summed E-state index contributed by atoms with van der Waals surface area (Å²) in [6, 6.07) is 7.47. The van der Waals surface area contributed by atoms with Gasteiger partial charge in [-0.1, -0.05) is 0 Å². The van der Waals surface area contributed by atoms with Crippen LogP contribution in [0.5, 0.6) is 0 Å². The Kier molecular flexibility index (Phi) is 3.88. The van der Waals surface area contributed by atoms with Crippen LogP contribution in [0.1, 0.15) is 25.5 Å². The molecule has 6 nitrogen and oxygen atoms in total. The van der Waals surface area contributed by atoms with E-state index in [0.717, 1.165) is 27.8 Å². The first-order chi connectivity index (χ1) is 12.5. The molecule has 3 aromatic heterocycles. The molecule has 4 rings (SSSR count). The van der Waals surface area contributed by atoms with Gasteiger partial charge in [0.25, 0.3) is 5.56 Å². The third kappa shape index (κ3) is 2.90. The van der Waals surface area contributed by atoms with E-state index in [1.165, 1.54) is 0 Å². The molecule has 0 fully saturated rings. The highest BCUT2D eigenvalue weighted by atomic mass is 16.2. The number of carbonyl (C=O) groups is 1. The van der Waals surface area contributed by atoms with E-state index in [1.807, 2.05) is 38.2 Å². The number of rotatable bonds is 3. The van der Waals surface area contributed by atoms with E-state index in [1.54, 1.807) is 29.2 Å². The number of anilines is 1. The molecule has 0 radical (unpaired) electrons. The molecular weight excluding hydrogens is 328 g/mol. The van der Waals surface area contributed by atoms with Crippen LogP contribution in [0.25, 0.3) is 22.3 Å². The third-order valence-electron chi connectivity index (χ3n) is 4.47. The fourth-order valence-corrected chi connectivity index (χ4v) is 3.10.